The summed E-state index contributed by atoms with van der Waals surface area (Å²) < 4.78 is 5.12. The molecule has 0 aliphatic carbocycles. The molecule has 1 aromatic heterocycles. The van der Waals surface area contributed by atoms with Gasteiger partial charge in [-0.15, -0.1) is 0 Å². The largest absolute Gasteiger partial charge is 0.449 e. The van der Waals surface area contributed by atoms with Gasteiger partial charge < -0.3 is 10.1 Å². The lowest BCUT2D eigenvalue weighted by atomic mass is 10.2. The van der Waals surface area contributed by atoms with Gasteiger partial charge in [0.05, 0.1) is 5.56 Å². The van der Waals surface area contributed by atoms with E-state index >= 15 is 0 Å². The maximum absolute atomic E-state index is 12.1. The summed E-state index contributed by atoms with van der Waals surface area (Å²) >= 11 is 7.39. The van der Waals surface area contributed by atoms with Crippen LogP contribution in [0.1, 0.15) is 22.8 Å². The molecule has 1 heterocycles. The molecule has 110 valence electrons. The van der Waals surface area contributed by atoms with E-state index in [0.29, 0.717) is 16.3 Å². The summed E-state index contributed by atoms with van der Waals surface area (Å²) in [7, 11) is 0. The molecule has 1 N–H and O–H groups in total. The molecule has 0 saturated carbocycles. The lowest BCUT2D eigenvalue weighted by Gasteiger charge is -2.14. The number of hydrogen-bond acceptors (Lipinski definition) is 4. The maximum atomic E-state index is 12.1. The van der Waals surface area contributed by atoms with Crippen molar-refractivity contribution in [3.63, 3.8) is 0 Å². The van der Waals surface area contributed by atoms with Gasteiger partial charge in [-0.25, -0.2) is 4.79 Å². The Balaban J connectivity index is 2.00. The quantitative estimate of drug-likeness (QED) is 0.868. The molecule has 0 aliphatic heterocycles. The second-order valence-electron chi connectivity index (χ2n) is 4.46. The van der Waals surface area contributed by atoms with E-state index in [1.165, 1.54) is 18.3 Å². The van der Waals surface area contributed by atoms with Crippen molar-refractivity contribution in [2.45, 2.75) is 20.0 Å². The Kier molecular flexibility index (Phi) is 4.98. The van der Waals surface area contributed by atoms with Crippen LogP contribution in [-0.2, 0) is 9.53 Å². The van der Waals surface area contributed by atoms with Crippen LogP contribution in [0.5, 0.6) is 0 Å². The molecule has 1 amide bonds. The number of halogens is 1. The van der Waals surface area contributed by atoms with E-state index in [1.807, 2.05) is 0 Å². The summed E-state index contributed by atoms with van der Waals surface area (Å²) in [5.74, 6) is -0.911. The van der Waals surface area contributed by atoms with Crippen molar-refractivity contribution >= 4 is 40.5 Å². The zero-order valence-corrected chi connectivity index (χ0v) is 13.1. The average molecular weight is 324 g/mol. The predicted octanol–water partition coefficient (Wildman–Crippen LogP) is 3.89. The summed E-state index contributed by atoms with van der Waals surface area (Å²) in [4.78, 5) is 23.8. The Labute approximate surface area is 131 Å². The van der Waals surface area contributed by atoms with E-state index in [-0.39, 0.29) is 0 Å². The van der Waals surface area contributed by atoms with Crippen LogP contribution in [-0.4, -0.2) is 18.0 Å². The Hall–Kier alpha value is -1.85. The molecule has 0 radical (unpaired) electrons. The van der Waals surface area contributed by atoms with Gasteiger partial charge in [0.25, 0.3) is 5.91 Å². The first-order valence-electron chi connectivity index (χ1n) is 6.28. The summed E-state index contributed by atoms with van der Waals surface area (Å²) in [6.07, 6.45) is -0.893. The number of esters is 1. The van der Waals surface area contributed by atoms with Gasteiger partial charge in [0.15, 0.2) is 6.10 Å². The van der Waals surface area contributed by atoms with Crippen LogP contribution >= 0.6 is 22.9 Å². The van der Waals surface area contributed by atoms with Crippen molar-refractivity contribution in [1.29, 1.82) is 0 Å². The lowest BCUT2D eigenvalue weighted by Crippen LogP contribution is -2.30. The van der Waals surface area contributed by atoms with Gasteiger partial charge in [0.2, 0.25) is 0 Å². The number of thiophene rings is 1. The molecule has 6 heteroatoms. The SMILES string of the molecule is Cc1c(Cl)cccc1NC(=O)[C@H](C)OC(=O)c1ccsc1. The molecule has 1 atom stereocenters. The van der Waals surface area contributed by atoms with E-state index in [9.17, 15) is 9.59 Å². The van der Waals surface area contributed by atoms with Crippen LogP contribution in [0.2, 0.25) is 5.02 Å². The zero-order valence-electron chi connectivity index (χ0n) is 11.6. The number of anilines is 1. The standard InChI is InChI=1S/C15H14ClNO3S/c1-9-12(16)4-3-5-13(9)17-14(18)10(2)20-15(19)11-6-7-21-8-11/h3-8,10H,1-2H3,(H,17,18)/t10-/m0/s1. The highest BCUT2D eigenvalue weighted by Crippen LogP contribution is 2.23. The highest BCUT2D eigenvalue weighted by atomic mass is 35.5. The van der Waals surface area contributed by atoms with Crippen molar-refractivity contribution in [3.8, 4) is 0 Å². The van der Waals surface area contributed by atoms with Crippen molar-refractivity contribution in [1.82, 2.24) is 0 Å². The van der Waals surface area contributed by atoms with E-state index in [0.717, 1.165) is 5.56 Å². The molecule has 21 heavy (non-hydrogen) atoms. The fourth-order valence-corrected chi connectivity index (χ4v) is 2.44. The Morgan fingerprint density at radius 2 is 2.10 bits per heavy atom. The highest BCUT2D eigenvalue weighted by molar-refractivity contribution is 7.08. The zero-order chi connectivity index (χ0) is 15.4. The number of hydrogen-bond donors (Lipinski definition) is 1. The minimum Gasteiger partial charge on any atom is -0.449 e. The Morgan fingerprint density at radius 1 is 1.33 bits per heavy atom. The maximum Gasteiger partial charge on any atom is 0.339 e. The third-order valence-electron chi connectivity index (χ3n) is 2.94. The molecule has 0 bridgehead atoms. The van der Waals surface area contributed by atoms with Gasteiger partial charge in [0.1, 0.15) is 0 Å². The van der Waals surface area contributed by atoms with Crippen molar-refractivity contribution in [2.24, 2.45) is 0 Å². The third-order valence-corrected chi connectivity index (χ3v) is 4.03. The molecule has 0 saturated heterocycles. The molecule has 4 nitrogen and oxygen atoms in total. The number of carbonyl (C=O) groups excluding carboxylic acids is 2. The Morgan fingerprint density at radius 3 is 2.76 bits per heavy atom. The monoisotopic (exact) mass is 323 g/mol. The van der Waals surface area contributed by atoms with Crippen LogP contribution in [0.4, 0.5) is 5.69 Å². The van der Waals surface area contributed by atoms with Crippen LogP contribution in [0.15, 0.2) is 35.0 Å². The normalized spacial score (nSPS) is 11.8. The van der Waals surface area contributed by atoms with E-state index in [1.54, 1.807) is 41.9 Å². The van der Waals surface area contributed by atoms with Crippen LogP contribution in [0.25, 0.3) is 0 Å². The van der Waals surface area contributed by atoms with E-state index in [2.05, 4.69) is 5.32 Å². The molecular formula is C15H14ClNO3S. The first-order valence-corrected chi connectivity index (χ1v) is 7.60. The first kappa shape index (κ1) is 15.5. The van der Waals surface area contributed by atoms with Gasteiger partial charge in [0, 0.05) is 16.1 Å². The van der Waals surface area contributed by atoms with Gasteiger partial charge in [-0.3, -0.25) is 4.79 Å². The topological polar surface area (TPSA) is 55.4 Å². The summed E-state index contributed by atoms with van der Waals surface area (Å²) in [6.45, 7) is 3.33. The number of nitrogens with one attached hydrogen (secondary N) is 1. The molecule has 1 aromatic carbocycles. The minimum absolute atomic E-state index is 0.399. The molecule has 2 rings (SSSR count). The van der Waals surface area contributed by atoms with Gasteiger partial charge in [-0.1, -0.05) is 17.7 Å². The molecule has 2 aromatic rings. The van der Waals surface area contributed by atoms with Gasteiger partial charge >= 0.3 is 5.97 Å². The van der Waals surface area contributed by atoms with Crippen molar-refractivity contribution in [3.05, 3.63) is 51.2 Å². The molecule has 0 unspecified atom stereocenters. The van der Waals surface area contributed by atoms with Crippen molar-refractivity contribution < 1.29 is 14.3 Å². The lowest BCUT2D eigenvalue weighted by molar-refractivity contribution is -0.123. The molecular weight excluding hydrogens is 310 g/mol. The predicted molar refractivity (Wildman–Crippen MR) is 84.0 cm³/mol. The van der Waals surface area contributed by atoms with Gasteiger partial charge in [-0.05, 0) is 43.0 Å². The minimum atomic E-state index is -0.893. The number of rotatable bonds is 4. The fraction of sp³-hybridized carbons (Fsp3) is 0.200. The van der Waals surface area contributed by atoms with E-state index < -0.39 is 18.0 Å². The third kappa shape index (κ3) is 3.83. The highest BCUT2D eigenvalue weighted by Gasteiger charge is 2.20. The molecule has 0 aliphatic rings. The summed E-state index contributed by atoms with van der Waals surface area (Å²) in [5.41, 5.74) is 1.81. The number of carbonyl (C=O) groups is 2. The van der Waals surface area contributed by atoms with E-state index in [4.69, 9.17) is 16.3 Å². The number of benzene rings is 1. The summed E-state index contributed by atoms with van der Waals surface area (Å²) in [6, 6.07) is 6.88. The Bertz CT molecular complexity index is 655. The fourth-order valence-electron chi connectivity index (χ4n) is 1.64. The number of amides is 1. The smallest absolute Gasteiger partial charge is 0.339 e. The van der Waals surface area contributed by atoms with Crippen molar-refractivity contribution in [2.75, 3.05) is 5.32 Å². The summed E-state index contributed by atoms with van der Waals surface area (Å²) in [5, 5.41) is 6.72. The second-order valence-corrected chi connectivity index (χ2v) is 5.65. The van der Waals surface area contributed by atoms with Gasteiger partial charge in [-0.2, -0.15) is 11.3 Å². The average Bonchev–Trinajstić information content (AvgIpc) is 2.98. The second kappa shape index (κ2) is 6.74. The first-order chi connectivity index (χ1) is 9.99. The van der Waals surface area contributed by atoms with Crippen LogP contribution < -0.4 is 5.32 Å². The number of ether oxygens (including phenoxy) is 1. The molecule has 0 fully saturated rings. The van der Waals surface area contributed by atoms with Crippen LogP contribution in [0, 0.1) is 6.92 Å². The van der Waals surface area contributed by atoms with Crippen LogP contribution in [0.3, 0.4) is 0 Å². The molecule has 0 spiro atoms.